The van der Waals surface area contributed by atoms with Crippen LogP contribution in [-0.2, 0) is 28.3 Å². The van der Waals surface area contributed by atoms with E-state index >= 15 is 0 Å². The number of carbonyl (C=O) groups is 2. The second-order valence-corrected chi connectivity index (χ2v) is 11.1. The van der Waals surface area contributed by atoms with Gasteiger partial charge in [0.25, 0.3) is 0 Å². The molecule has 3 N–H and O–H groups in total. The van der Waals surface area contributed by atoms with Crippen molar-refractivity contribution < 1.29 is 89.9 Å². The van der Waals surface area contributed by atoms with E-state index in [-0.39, 0.29) is 83.9 Å². The molecule has 0 saturated carbocycles. The van der Waals surface area contributed by atoms with Crippen molar-refractivity contribution >= 4 is 17.7 Å². The van der Waals surface area contributed by atoms with Gasteiger partial charge in [0.2, 0.25) is 5.88 Å². The molecule has 1 aliphatic rings. The van der Waals surface area contributed by atoms with Crippen molar-refractivity contribution in [2.24, 2.45) is 5.73 Å². The number of nitrogens with zero attached hydrogens (tertiary/aromatic N) is 4. The number of amides is 1. The van der Waals surface area contributed by atoms with E-state index in [9.17, 15) is 46.1 Å². The molecule has 1 unspecified atom stereocenters. The van der Waals surface area contributed by atoms with Crippen LogP contribution in [0, 0.1) is 0 Å². The summed E-state index contributed by atoms with van der Waals surface area (Å²) in [5, 5.41) is 21.0. The number of carboxylic acids is 1. The smallest absolute Gasteiger partial charge is 0.546 e. The Bertz CT molecular complexity index is 1660. The van der Waals surface area contributed by atoms with Crippen LogP contribution in [0.15, 0.2) is 36.5 Å². The van der Waals surface area contributed by atoms with Crippen LogP contribution < -0.4 is 54.8 Å². The maximum atomic E-state index is 13.7. The third kappa shape index (κ3) is 8.95. The van der Waals surface area contributed by atoms with Gasteiger partial charge in [-0.3, -0.25) is 4.90 Å². The molecule has 3 aromatic rings. The summed E-state index contributed by atoms with van der Waals surface area (Å²) in [4.78, 5) is 39.3. The van der Waals surface area contributed by atoms with Crippen LogP contribution >= 0.6 is 0 Å². The molecular formula is C31H32F6N5NaO7. The number of fused-ring (bicyclic) bond motifs is 1. The number of nitrogens with two attached hydrogens (primary N) is 1. The minimum absolute atomic E-state index is 0. The number of ether oxygens (including phenoxy) is 3. The Morgan fingerprint density at radius 2 is 1.74 bits per heavy atom. The van der Waals surface area contributed by atoms with E-state index in [1.165, 1.54) is 24.1 Å². The van der Waals surface area contributed by atoms with Crippen molar-refractivity contribution in [2.45, 2.75) is 69.6 Å². The fourth-order valence-electron chi connectivity index (χ4n) is 5.40. The summed E-state index contributed by atoms with van der Waals surface area (Å²) in [7, 11) is 1.35. The predicted octanol–water partition coefficient (Wildman–Crippen LogP) is 0.956. The van der Waals surface area contributed by atoms with E-state index in [1.807, 2.05) is 0 Å². The molecule has 50 heavy (non-hydrogen) atoms. The molecule has 3 heterocycles. The molecule has 4 rings (SSSR count). The van der Waals surface area contributed by atoms with E-state index in [0.29, 0.717) is 12.1 Å². The number of anilines is 1. The molecule has 1 aromatic carbocycles. The van der Waals surface area contributed by atoms with Gasteiger partial charge in [0.1, 0.15) is 17.6 Å². The van der Waals surface area contributed by atoms with Crippen molar-refractivity contribution in [2.75, 3.05) is 25.2 Å². The largest absolute Gasteiger partial charge is 1.00 e. The fraction of sp³-hybridized carbons (Fsp3) is 0.452. The maximum absolute atomic E-state index is 13.7. The zero-order valence-electron chi connectivity index (χ0n) is 27.4. The average molecular weight is 724 g/mol. The van der Waals surface area contributed by atoms with Crippen LogP contribution in [0.2, 0.25) is 0 Å². The number of methoxy groups -OCH3 is 1. The van der Waals surface area contributed by atoms with Gasteiger partial charge < -0.3 is 35.0 Å². The average Bonchev–Trinajstić information content (AvgIpc) is 3.03. The summed E-state index contributed by atoms with van der Waals surface area (Å²) >= 11 is 0. The number of aliphatic carboxylic acids is 1. The van der Waals surface area contributed by atoms with Gasteiger partial charge in [-0.15, -0.1) is 0 Å². The first-order valence-electron chi connectivity index (χ1n) is 14.9. The molecular weight excluding hydrogens is 691 g/mol. The summed E-state index contributed by atoms with van der Waals surface area (Å²) < 4.78 is 98.0. The van der Waals surface area contributed by atoms with Gasteiger partial charge in [-0.2, -0.15) is 26.3 Å². The minimum atomic E-state index is -5.14. The number of hydrogen-bond acceptors (Lipinski definition) is 11. The number of halogens is 6. The Morgan fingerprint density at radius 1 is 1.10 bits per heavy atom. The zero-order valence-corrected chi connectivity index (χ0v) is 29.4. The SMILES string of the molecule is CCOC(=O)N1c2ccc(OC)nc2[C@@H](c2ncc(OC(CCO)C(=O)[O-])c(Cc3cc(C(F)(F)F)cc(C(F)(F)F)c3)n2)C[C@@]1(N)CC.[Na+]. The van der Waals surface area contributed by atoms with Gasteiger partial charge in [0.15, 0.2) is 5.75 Å². The van der Waals surface area contributed by atoms with Crippen molar-refractivity contribution in [3.63, 3.8) is 0 Å². The molecule has 1 aliphatic heterocycles. The first-order chi connectivity index (χ1) is 22.9. The monoisotopic (exact) mass is 723 g/mol. The second kappa shape index (κ2) is 16.1. The Morgan fingerprint density at radius 3 is 2.26 bits per heavy atom. The summed E-state index contributed by atoms with van der Waals surface area (Å²) in [6.07, 6.45) is -12.9. The molecule has 266 valence electrons. The maximum Gasteiger partial charge on any atom is 1.00 e. The number of rotatable bonds is 11. The van der Waals surface area contributed by atoms with Crippen molar-refractivity contribution in [1.29, 1.82) is 0 Å². The Balaban J connectivity index is 0.00000676. The van der Waals surface area contributed by atoms with E-state index in [0.717, 1.165) is 6.20 Å². The quantitative estimate of drug-likeness (QED) is 0.213. The number of aromatic nitrogens is 3. The van der Waals surface area contributed by atoms with Gasteiger partial charge in [0, 0.05) is 25.5 Å². The first kappa shape index (κ1) is 40.7. The van der Waals surface area contributed by atoms with Crippen LogP contribution in [0.3, 0.4) is 0 Å². The number of aliphatic hydroxyl groups is 1. The van der Waals surface area contributed by atoms with Gasteiger partial charge >= 0.3 is 48.0 Å². The summed E-state index contributed by atoms with van der Waals surface area (Å²) in [5.41, 5.74) is 1.82. The third-order valence-electron chi connectivity index (χ3n) is 7.82. The molecule has 2 aromatic heterocycles. The van der Waals surface area contributed by atoms with Crippen LogP contribution in [0.4, 0.5) is 36.8 Å². The van der Waals surface area contributed by atoms with Crippen molar-refractivity contribution in [3.05, 3.63) is 70.4 Å². The molecule has 1 amide bonds. The molecule has 0 radical (unpaired) electrons. The summed E-state index contributed by atoms with van der Waals surface area (Å²) in [6.45, 7) is 2.69. The number of aliphatic hydroxyl groups excluding tert-OH is 1. The zero-order chi connectivity index (χ0) is 36.3. The standard InChI is InChI=1S/C31H33F6N5O7.Na/c1-4-29(38)14-19(25-21(6-7-24(41-25)47-3)42(29)28(46)48-5-2)26-39-15-23(49-22(8-9-43)27(44)45)20(40-26)12-16-10-17(30(32,33)34)13-18(11-16)31(35,36)37;/h6-7,10-11,13,15,19,22,43H,4-5,8-9,12,14,38H2,1-3H3,(H,44,45);/q;+1/p-1/t19-,22?,29+;/m0./s1. The number of alkyl halides is 6. The van der Waals surface area contributed by atoms with Gasteiger partial charge in [0.05, 0.1) is 60.0 Å². The second-order valence-electron chi connectivity index (χ2n) is 11.1. The number of carbonyl (C=O) groups excluding carboxylic acids is 2. The summed E-state index contributed by atoms with van der Waals surface area (Å²) in [5.74, 6) is -3.05. The van der Waals surface area contributed by atoms with Gasteiger partial charge in [-0.1, -0.05) is 6.92 Å². The van der Waals surface area contributed by atoms with Gasteiger partial charge in [-0.05, 0) is 49.6 Å². The number of carboxylic acid groups (broad SMARTS) is 1. The van der Waals surface area contributed by atoms with Crippen LogP contribution in [0.1, 0.15) is 72.9 Å². The fourth-order valence-corrected chi connectivity index (χ4v) is 5.40. The number of benzene rings is 1. The molecule has 0 fully saturated rings. The summed E-state index contributed by atoms with van der Waals surface area (Å²) in [6, 6.07) is 3.97. The topological polar surface area (TPSA) is 173 Å². The van der Waals surface area contributed by atoms with E-state index in [1.54, 1.807) is 13.8 Å². The van der Waals surface area contributed by atoms with Crippen LogP contribution in [0.5, 0.6) is 11.6 Å². The first-order valence-corrected chi connectivity index (χ1v) is 14.9. The van der Waals surface area contributed by atoms with E-state index in [4.69, 9.17) is 19.9 Å². The van der Waals surface area contributed by atoms with Crippen molar-refractivity contribution in [1.82, 2.24) is 15.0 Å². The molecule has 0 bridgehead atoms. The van der Waals surface area contributed by atoms with Crippen molar-refractivity contribution in [3.8, 4) is 11.6 Å². The number of hydrogen-bond donors (Lipinski definition) is 2. The minimum Gasteiger partial charge on any atom is -0.546 e. The molecule has 0 spiro atoms. The third-order valence-corrected chi connectivity index (χ3v) is 7.82. The molecule has 19 heteroatoms. The van der Waals surface area contributed by atoms with Crippen LogP contribution in [0.25, 0.3) is 0 Å². The number of pyridine rings is 1. The molecule has 3 atom stereocenters. The predicted molar refractivity (Wildman–Crippen MR) is 156 cm³/mol. The Kier molecular flexibility index (Phi) is 13.1. The normalized spacial score (nSPS) is 18.1. The van der Waals surface area contributed by atoms with Crippen LogP contribution in [-0.4, -0.2) is 64.2 Å². The molecule has 0 saturated heterocycles. The Hall–Kier alpha value is -3.71. The van der Waals surface area contributed by atoms with Gasteiger partial charge in [-0.25, -0.2) is 19.7 Å². The van der Waals surface area contributed by atoms with E-state index in [2.05, 4.69) is 15.0 Å². The molecule has 0 aliphatic carbocycles. The van der Waals surface area contributed by atoms with E-state index < -0.39 is 84.0 Å². The Labute approximate surface area is 304 Å². The molecule has 12 nitrogen and oxygen atoms in total.